The molecular weight excluding hydrogens is 368 g/mol. The van der Waals surface area contributed by atoms with Crippen LogP contribution in [0.25, 0.3) is 0 Å². The molecule has 6 nitrogen and oxygen atoms in total. The number of hydrogen-bond donors (Lipinski definition) is 1. The van der Waals surface area contributed by atoms with E-state index in [1.165, 1.54) is 19.1 Å². The van der Waals surface area contributed by atoms with Crippen molar-refractivity contribution in [2.45, 2.75) is 32.5 Å². The molecule has 1 amide bonds. The van der Waals surface area contributed by atoms with E-state index >= 15 is 0 Å². The molecule has 2 aromatic rings. The lowest BCUT2D eigenvalue weighted by Crippen LogP contribution is -2.36. The maximum absolute atomic E-state index is 12.3. The van der Waals surface area contributed by atoms with Gasteiger partial charge >= 0.3 is 5.97 Å². The smallest absolute Gasteiger partial charge is 0.348 e. The van der Waals surface area contributed by atoms with Crippen molar-refractivity contribution in [2.75, 3.05) is 5.32 Å². The summed E-state index contributed by atoms with van der Waals surface area (Å²) in [5.74, 6) is -0.591. The summed E-state index contributed by atoms with van der Waals surface area (Å²) >= 11 is 5.94. The predicted molar refractivity (Wildman–Crippen MR) is 101 cm³/mol. The molecule has 7 heteroatoms. The zero-order valence-corrected chi connectivity index (χ0v) is 15.7. The van der Waals surface area contributed by atoms with Gasteiger partial charge in [0.1, 0.15) is 11.8 Å². The Labute approximate surface area is 162 Å². The first-order valence-electron chi connectivity index (χ1n) is 8.37. The third-order valence-electron chi connectivity index (χ3n) is 3.67. The van der Waals surface area contributed by atoms with Crippen LogP contribution in [-0.2, 0) is 14.3 Å². The number of para-hydroxylation sites is 1. The number of nitrogens with one attached hydrogen (secondary N) is 1. The summed E-state index contributed by atoms with van der Waals surface area (Å²) in [4.78, 5) is 24.5. The largest absolute Gasteiger partial charge is 0.479 e. The number of amides is 1. The molecule has 0 saturated heterocycles. The van der Waals surface area contributed by atoms with E-state index in [0.717, 1.165) is 0 Å². The van der Waals surface area contributed by atoms with Gasteiger partial charge in [-0.1, -0.05) is 36.7 Å². The molecule has 2 rings (SSSR count). The van der Waals surface area contributed by atoms with Crippen molar-refractivity contribution in [3.05, 3.63) is 59.1 Å². The zero-order valence-electron chi connectivity index (χ0n) is 14.9. The Morgan fingerprint density at radius 1 is 1.22 bits per heavy atom. The van der Waals surface area contributed by atoms with E-state index in [2.05, 4.69) is 5.32 Å². The standard InChI is InChI=1S/C20H19ClN2O4/c1-3-18(27-16-7-5-4-6-8-16)20(25)26-13(2)19(24)23-15-10-9-14(12-22)17(21)11-15/h4-11,13,18H,3H2,1-2H3,(H,23,24)/t13-,18+/m0/s1. The summed E-state index contributed by atoms with van der Waals surface area (Å²) in [6.45, 7) is 3.26. The molecule has 0 radical (unpaired) electrons. The Morgan fingerprint density at radius 2 is 1.93 bits per heavy atom. The molecule has 0 bridgehead atoms. The summed E-state index contributed by atoms with van der Waals surface area (Å²) < 4.78 is 10.8. The molecule has 2 atom stereocenters. The lowest BCUT2D eigenvalue weighted by Gasteiger charge is -2.19. The van der Waals surface area contributed by atoms with Gasteiger partial charge in [-0.15, -0.1) is 0 Å². The van der Waals surface area contributed by atoms with Crippen molar-refractivity contribution in [1.29, 1.82) is 5.26 Å². The van der Waals surface area contributed by atoms with Crippen LogP contribution in [0.15, 0.2) is 48.5 Å². The van der Waals surface area contributed by atoms with Crippen molar-refractivity contribution in [2.24, 2.45) is 0 Å². The Kier molecular flexibility index (Phi) is 7.21. The van der Waals surface area contributed by atoms with E-state index < -0.39 is 24.1 Å². The Morgan fingerprint density at radius 3 is 2.52 bits per heavy atom. The molecule has 140 valence electrons. The number of anilines is 1. The minimum atomic E-state index is -1.03. The number of esters is 1. The third kappa shape index (κ3) is 5.73. The summed E-state index contributed by atoms with van der Waals surface area (Å²) in [5, 5.41) is 11.7. The van der Waals surface area contributed by atoms with Crippen molar-refractivity contribution >= 4 is 29.2 Å². The second kappa shape index (κ2) is 9.60. The predicted octanol–water partition coefficient (Wildman–Crippen LogP) is 3.94. The topological polar surface area (TPSA) is 88.4 Å². The van der Waals surface area contributed by atoms with Crippen LogP contribution in [0.5, 0.6) is 5.75 Å². The minimum Gasteiger partial charge on any atom is -0.479 e. The molecule has 1 N–H and O–H groups in total. The van der Waals surface area contributed by atoms with Gasteiger partial charge in [-0.3, -0.25) is 4.79 Å². The number of nitrogens with zero attached hydrogens (tertiary/aromatic N) is 1. The Bertz CT molecular complexity index is 849. The second-order valence-corrected chi connectivity index (χ2v) is 6.11. The lowest BCUT2D eigenvalue weighted by molar-refractivity contribution is -0.160. The maximum atomic E-state index is 12.3. The van der Waals surface area contributed by atoms with Crippen LogP contribution in [0.1, 0.15) is 25.8 Å². The monoisotopic (exact) mass is 386 g/mol. The number of carbonyl (C=O) groups is 2. The number of carbonyl (C=O) groups excluding carboxylic acids is 2. The summed E-state index contributed by atoms with van der Waals surface area (Å²) in [6, 6.07) is 15.3. The molecule has 0 spiro atoms. The molecule has 2 aromatic carbocycles. The zero-order chi connectivity index (χ0) is 19.8. The molecule has 0 heterocycles. The van der Waals surface area contributed by atoms with E-state index in [1.54, 1.807) is 37.3 Å². The van der Waals surface area contributed by atoms with E-state index in [-0.39, 0.29) is 5.02 Å². The number of halogens is 1. The van der Waals surface area contributed by atoms with Crippen molar-refractivity contribution in [3.8, 4) is 11.8 Å². The summed E-state index contributed by atoms with van der Waals surface area (Å²) in [6.07, 6.45) is -1.44. The molecule has 0 unspecified atom stereocenters. The Balaban J connectivity index is 1.95. The highest BCUT2D eigenvalue weighted by Gasteiger charge is 2.25. The van der Waals surface area contributed by atoms with Gasteiger partial charge in [0.15, 0.2) is 12.2 Å². The van der Waals surface area contributed by atoms with Crippen LogP contribution in [0.3, 0.4) is 0 Å². The van der Waals surface area contributed by atoms with Gasteiger partial charge in [0.25, 0.3) is 5.91 Å². The number of ether oxygens (including phenoxy) is 2. The Hall–Kier alpha value is -3.04. The van der Waals surface area contributed by atoms with Crippen LogP contribution >= 0.6 is 11.6 Å². The fourth-order valence-corrected chi connectivity index (χ4v) is 2.42. The van der Waals surface area contributed by atoms with Gasteiger partial charge in [0.2, 0.25) is 0 Å². The fourth-order valence-electron chi connectivity index (χ4n) is 2.19. The average Bonchev–Trinajstić information content (AvgIpc) is 2.66. The van der Waals surface area contributed by atoms with Crippen molar-refractivity contribution < 1.29 is 19.1 Å². The molecule has 0 aliphatic carbocycles. The number of rotatable bonds is 7. The fraction of sp³-hybridized carbons (Fsp3) is 0.250. The molecule has 0 fully saturated rings. The molecule has 0 aromatic heterocycles. The van der Waals surface area contributed by atoms with Crippen molar-refractivity contribution in [1.82, 2.24) is 0 Å². The van der Waals surface area contributed by atoms with Gasteiger partial charge in [-0.05, 0) is 43.7 Å². The van der Waals surface area contributed by atoms with Gasteiger partial charge < -0.3 is 14.8 Å². The number of hydrogen-bond acceptors (Lipinski definition) is 5. The maximum Gasteiger partial charge on any atom is 0.348 e. The first-order valence-corrected chi connectivity index (χ1v) is 8.75. The van der Waals surface area contributed by atoms with Crippen LogP contribution in [0, 0.1) is 11.3 Å². The lowest BCUT2D eigenvalue weighted by atomic mass is 10.2. The van der Waals surface area contributed by atoms with Gasteiger partial charge in [-0.2, -0.15) is 5.26 Å². The van der Waals surface area contributed by atoms with Crippen LogP contribution in [-0.4, -0.2) is 24.1 Å². The number of benzene rings is 2. The highest BCUT2D eigenvalue weighted by molar-refractivity contribution is 6.32. The highest BCUT2D eigenvalue weighted by Crippen LogP contribution is 2.20. The molecule has 0 aliphatic rings. The average molecular weight is 387 g/mol. The van der Waals surface area contributed by atoms with Gasteiger partial charge in [0.05, 0.1) is 10.6 Å². The van der Waals surface area contributed by atoms with Crippen LogP contribution in [0.2, 0.25) is 5.02 Å². The van der Waals surface area contributed by atoms with E-state index in [4.69, 9.17) is 26.3 Å². The van der Waals surface area contributed by atoms with Gasteiger partial charge in [0, 0.05) is 5.69 Å². The quantitative estimate of drug-likeness (QED) is 0.728. The summed E-state index contributed by atoms with van der Waals surface area (Å²) in [7, 11) is 0. The second-order valence-electron chi connectivity index (χ2n) is 5.70. The molecule has 0 aliphatic heterocycles. The van der Waals surface area contributed by atoms with Crippen molar-refractivity contribution in [3.63, 3.8) is 0 Å². The van der Waals surface area contributed by atoms with E-state index in [0.29, 0.717) is 23.4 Å². The summed E-state index contributed by atoms with van der Waals surface area (Å²) in [5.41, 5.74) is 0.706. The van der Waals surface area contributed by atoms with E-state index in [1.807, 2.05) is 12.1 Å². The SMILES string of the molecule is CC[C@@H](Oc1ccccc1)C(=O)O[C@@H](C)C(=O)Nc1ccc(C#N)c(Cl)c1. The normalized spacial score (nSPS) is 12.4. The van der Waals surface area contributed by atoms with Gasteiger partial charge in [-0.25, -0.2) is 4.79 Å². The first kappa shape index (κ1) is 20.3. The third-order valence-corrected chi connectivity index (χ3v) is 3.99. The van der Waals surface area contributed by atoms with E-state index in [9.17, 15) is 9.59 Å². The van der Waals surface area contributed by atoms with Crippen LogP contribution < -0.4 is 10.1 Å². The first-order chi connectivity index (χ1) is 12.9. The molecule has 27 heavy (non-hydrogen) atoms. The highest BCUT2D eigenvalue weighted by atomic mass is 35.5. The molecular formula is C20H19ClN2O4. The number of nitriles is 1. The molecule has 0 saturated carbocycles. The van der Waals surface area contributed by atoms with Crippen LogP contribution in [0.4, 0.5) is 5.69 Å². The minimum absolute atomic E-state index is 0.224.